The van der Waals surface area contributed by atoms with E-state index < -0.39 is 29.7 Å². The molecular weight excluding hydrogens is 220 g/mol. The molecule has 0 bridgehead atoms. The van der Waals surface area contributed by atoms with Gasteiger partial charge in [0.25, 0.3) is 0 Å². The third kappa shape index (κ3) is 2.46. The second-order valence-electron chi connectivity index (χ2n) is 3.56. The molecule has 0 amide bonds. The van der Waals surface area contributed by atoms with Crippen molar-refractivity contribution in [2.75, 3.05) is 6.67 Å². The number of alkyl halides is 1. The SMILES string of the molecule is NC(CF)(Cc1ccc(O)c(F)c1)C(=O)O. The van der Waals surface area contributed by atoms with Gasteiger partial charge in [-0.2, -0.15) is 0 Å². The third-order valence-electron chi connectivity index (χ3n) is 2.20. The molecule has 0 aliphatic rings. The number of hydrogen-bond donors (Lipinski definition) is 3. The van der Waals surface area contributed by atoms with Crippen LogP contribution in [-0.4, -0.2) is 28.4 Å². The fraction of sp³-hybridized carbons (Fsp3) is 0.300. The van der Waals surface area contributed by atoms with E-state index in [1.165, 1.54) is 6.07 Å². The predicted octanol–water partition coefficient (Wildman–Crippen LogP) is 0.825. The molecule has 0 saturated carbocycles. The Kier molecular flexibility index (Phi) is 3.44. The van der Waals surface area contributed by atoms with Crippen LogP contribution in [0.5, 0.6) is 5.75 Å². The topological polar surface area (TPSA) is 83.5 Å². The molecule has 1 rings (SSSR count). The zero-order valence-corrected chi connectivity index (χ0v) is 8.28. The second-order valence-corrected chi connectivity index (χ2v) is 3.56. The van der Waals surface area contributed by atoms with E-state index in [1.807, 2.05) is 0 Å². The maximum Gasteiger partial charge on any atom is 0.326 e. The molecular formula is C10H11F2NO3. The van der Waals surface area contributed by atoms with Gasteiger partial charge >= 0.3 is 5.97 Å². The van der Waals surface area contributed by atoms with Crippen LogP contribution < -0.4 is 5.73 Å². The highest BCUT2D eigenvalue weighted by molar-refractivity contribution is 5.79. The summed E-state index contributed by atoms with van der Waals surface area (Å²) in [4.78, 5) is 10.7. The number of hydrogen-bond acceptors (Lipinski definition) is 3. The first-order chi connectivity index (χ1) is 7.39. The van der Waals surface area contributed by atoms with Crippen LogP contribution in [0.2, 0.25) is 0 Å². The molecule has 0 heterocycles. The van der Waals surface area contributed by atoms with Crippen molar-refractivity contribution in [2.24, 2.45) is 5.73 Å². The minimum atomic E-state index is -2.07. The number of halogens is 2. The van der Waals surface area contributed by atoms with Crippen LogP contribution in [0.1, 0.15) is 5.56 Å². The van der Waals surface area contributed by atoms with Crippen molar-refractivity contribution in [3.63, 3.8) is 0 Å². The molecule has 88 valence electrons. The lowest BCUT2D eigenvalue weighted by Crippen LogP contribution is -2.52. The number of carbonyl (C=O) groups is 1. The van der Waals surface area contributed by atoms with Gasteiger partial charge in [0.15, 0.2) is 11.6 Å². The van der Waals surface area contributed by atoms with Gasteiger partial charge < -0.3 is 15.9 Å². The normalized spacial score (nSPS) is 14.4. The third-order valence-corrected chi connectivity index (χ3v) is 2.20. The number of aromatic hydroxyl groups is 1. The predicted molar refractivity (Wildman–Crippen MR) is 52.3 cm³/mol. The van der Waals surface area contributed by atoms with Crippen molar-refractivity contribution < 1.29 is 23.8 Å². The molecule has 0 fully saturated rings. The van der Waals surface area contributed by atoms with Gasteiger partial charge in [-0.05, 0) is 17.7 Å². The van der Waals surface area contributed by atoms with Crippen LogP contribution in [0.4, 0.5) is 8.78 Å². The Bertz CT molecular complexity index is 411. The molecule has 0 aromatic heterocycles. The van der Waals surface area contributed by atoms with Crippen molar-refractivity contribution in [1.29, 1.82) is 0 Å². The molecule has 1 aromatic carbocycles. The van der Waals surface area contributed by atoms with Crippen LogP contribution in [0.25, 0.3) is 0 Å². The summed E-state index contributed by atoms with van der Waals surface area (Å²) in [5.41, 5.74) is 3.44. The summed E-state index contributed by atoms with van der Waals surface area (Å²) in [5, 5.41) is 17.6. The Labute approximate surface area is 90.3 Å². The Hall–Kier alpha value is -1.69. The maximum absolute atomic E-state index is 12.9. The Morgan fingerprint density at radius 3 is 2.56 bits per heavy atom. The Morgan fingerprint density at radius 2 is 2.12 bits per heavy atom. The number of aliphatic carboxylic acids is 1. The first-order valence-electron chi connectivity index (χ1n) is 4.44. The van der Waals surface area contributed by atoms with Gasteiger partial charge in [0.2, 0.25) is 0 Å². The molecule has 4 nitrogen and oxygen atoms in total. The largest absolute Gasteiger partial charge is 0.505 e. The molecule has 0 saturated heterocycles. The summed E-state index contributed by atoms with van der Waals surface area (Å²) >= 11 is 0. The molecule has 4 N–H and O–H groups in total. The summed E-state index contributed by atoms with van der Waals surface area (Å²) < 4.78 is 25.4. The fourth-order valence-corrected chi connectivity index (χ4v) is 1.20. The van der Waals surface area contributed by atoms with Gasteiger partial charge in [-0.25, -0.2) is 8.78 Å². The first-order valence-corrected chi connectivity index (χ1v) is 4.44. The number of phenols is 1. The Balaban J connectivity index is 2.95. The monoisotopic (exact) mass is 231 g/mol. The van der Waals surface area contributed by atoms with E-state index >= 15 is 0 Å². The van der Waals surface area contributed by atoms with Crippen LogP contribution in [0.3, 0.4) is 0 Å². The number of carboxylic acids is 1. The van der Waals surface area contributed by atoms with Gasteiger partial charge in [-0.3, -0.25) is 4.79 Å². The zero-order chi connectivity index (χ0) is 12.3. The number of benzene rings is 1. The lowest BCUT2D eigenvalue weighted by atomic mass is 9.93. The summed E-state index contributed by atoms with van der Waals surface area (Å²) in [5.74, 6) is -2.95. The lowest BCUT2D eigenvalue weighted by molar-refractivity contribution is -0.143. The Morgan fingerprint density at radius 1 is 1.50 bits per heavy atom. The molecule has 1 atom stereocenters. The van der Waals surface area contributed by atoms with Gasteiger partial charge in [0.1, 0.15) is 12.2 Å². The van der Waals surface area contributed by atoms with E-state index in [0.29, 0.717) is 0 Å². The van der Waals surface area contributed by atoms with Crippen molar-refractivity contribution >= 4 is 5.97 Å². The van der Waals surface area contributed by atoms with Gasteiger partial charge in [0, 0.05) is 6.42 Å². The van der Waals surface area contributed by atoms with Gasteiger partial charge in [-0.15, -0.1) is 0 Å². The second kappa shape index (κ2) is 4.44. The molecule has 1 unspecified atom stereocenters. The zero-order valence-electron chi connectivity index (χ0n) is 8.28. The minimum Gasteiger partial charge on any atom is -0.505 e. The molecule has 0 aliphatic heterocycles. The van der Waals surface area contributed by atoms with Crippen molar-refractivity contribution in [2.45, 2.75) is 12.0 Å². The number of phenolic OH excluding ortho intramolecular Hbond substituents is 1. The molecule has 0 spiro atoms. The molecule has 16 heavy (non-hydrogen) atoms. The maximum atomic E-state index is 12.9. The number of carboxylic acid groups (broad SMARTS) is 1. The summed E-state index contributed by atoms with van der Waals surface area (Å²) in [6.45, 7) is -1.26. The van der Waals surface area contributed by atoms with Crippen molar-refractivity contribution in [3.8, 4) is 5.75 Å². The van der Waals surface area contributed by atoms with E-state index in [4.69, 9.17) is 15.9 Å². The number of nitrogens with two attached hydrogens (primary N) is 1. The van der Waals surface area contributed by atoms with Crippen LogP contribution in [-0.2, 0) is 11.2 Å². The molecule has 0 radical (unpaired) electrons. The highest BCUT2D eigenvalue weighted by Crippen LogP contribution is 2.19. The van der Waals surface area contributed by atoms with E-state index in [-0.39, 0.29) is 12.0 Å². The smallest absolute Gasteiger partial charge is 0.326 e. The van der Waals surface area contributed by atoms with E-state index in [9.17, 15) is 13.6 Å². The number of rotatable bonds is 4. The van der Waals surface area contributed by atoms with E-state index in [1.54, 1.807) is 0 Å². The first kappa shape index (κ1) is 12.4. The van der Waals surface area contributed by atoms with E-state index in [2.05, 4.69) is 0 Å². The highest BCUT2D eigenvalue weighted by atomic mass is 19.1. The van der Waals surface area contributed by atoms with Crippen LogP contribution in [0, 0.1) is 5.82 Å². The quantitative estimate of drug-likeness (QED) is 0.716. The molecule has 1 aromatic rings. The molecule has 6 heteroatoms. The van der Waals surface area contributed by atoms with Crippen LogP contribution in [0.15, 0.2) is 18.2 Å². The minimum absolute atomic E-state index is 0.206. The fourth-order valence-electron chi connectivity index (χ4n) is 1.20. The molecule has 0 aliphatic carbocycles. The van der Waals surface area contributed by atoms with Gasteiger partial charge in [0.05, 0.1) is 0 Å². The average molecular weight is 231 g/mol. The highest BCUT2D eigenvalue weighted by Gasteiger charge is 2.34. The van der Waals surface area contributed by atoms with E-state index in [0.717, 1.165) is 12.1 Å². The van der Waals surface area contributed by atoms with Crippen molar-refractivity contribution in [1.82, 2.24) is 0 Å². The lowest BCUT2D eigenvalue weighted by Gasteiger charge is -2.20. The average Bonchev–Trinajstić information content (AvgIpc) is 2.23. The summed E-state index contributed by atoms with van der Waals surface area (Å²) in [7, 11) is 0. The summed E-state index contributed by atoms with van der Waals surface area (Å²) in [6, 6.07) is 3.28. The standard InChI is InChI=1S/C10H11F2NO3/c11-5-10(13,9(15)16)4-6-1-2-8(14)7(12)3-6/h1-3,14H,4-5,13H2,(H,15,16). The summed E-state index contributed by atoms with van der Waals surface area (Å²) in [6.07, 6.45) is -0.351. The van der Waals surface area contributed by atoms with Gasteiger partial charge in [-0.1, -0.05) is 6.07 Å². The van der Waals surface area contributed by atoms with Crippen LogP contribution >= 0.6 is 0 Å². The van der Waals surface area contributed by atoms with Crippen molar-refractivity contribution in [3.05, 3.63) is 29.6 Å².